The SMILES string of the molecule is [2H]C1([2H])CC[C@H]2C[C@@H](Nc3nc(Nc4cc(-n5nnn(C([2H])([2H])[2H])c5=O)c(OC([2H])([2H])C(C)(C)O)cc4F)ncc3[N+]#[C-])CC(C)(C)N21. The van der Waals surface area contributed by atoms with Gasteiger partial charge < -0.3 is 20.5 Å². The zero-order valence-corrected chi connectivity index (χ0v) is 22.9. The number of nitrogens with one attached hydrogen (secondary N) is 2. The van der Waals surface area contributed by atoms with Crippen molar-refractivity contribution in [2.75, 3.05) is 23.7 Å². The van der Waals surface area contributed by atoms with Gasteiger partial charge in [-0.3, -0.25) is 4.90 Å². The van der Waals surface area contributed by atoms with E-state index in [-0.39, 0.29) is 39.9 Å². The molecule has 2 fully saturated rings. The fraction of sp³-hybridized carbons (Fsp3) is 0.556. The highest BCUT2D eigenvalue weighted by Gasteiger charge is 2.43. The molecule has 0 spiro atoms. The molecule has 2 aliphatic rings. The van der Waals surface area contributed by atoms with Gasteiger partial charge in [-0.15, -0.1) is 0 Å². The van der Waals surface area contributed by atoms with E-state index in [0.717, 1.165) is 19.9 Å². The molecule has 0 saturated carbocycles. The lowest BCUT2D eigenvalue weighted by molar-refractivity contribution is 0.0283. The van der Waals surface area contributed by atoms with Crippen LogP contribution in [0.15, 0.2) is 23.1 Å². The number of ether oxygens (including phenoxy) is 1. The molecule has 14 heteroatoms. The quantitative estimate of drug-likeness (QED) is 0.344. The van der Waals surface area contributed by atoms with Gasteiger partial charge >= 0.3 is 5.69 Å². The highest BCUT2D eigenvalue weighted by atomic mass is 19.1. The standard InChI is InChI=1S/C27H35FN10O3/c1-26(2)13-16(10-17-8-7-9-37(17)26)31-23-20(29-5)14-30-24(33-23)32-19-12-21(38-25(39)36(6)34-35-38)22(11-18(19)28)41-15-27(3,4)40/h11-12,14,16-17,40H,7-10,13,15H2,1-4,6H3,(H2,30,31,32,33)/t16-,17+/m1/s1/i6D3,9D2,15D2. The Kier molecular flexibility index (Phi) is 5.42. The van der Waals surface area contributed by atoms with Gasteiger partial charge in [-0.05, 0) is 76.4 Å². The highest BCUT2D eigenvalue weighted by Crippen LogP contribution is 2.39. The van der Waals surface area contributed by atoms with Crippen molar-refractivity contribution < 1.29 is 23.8 Å². The number of aromatic nitrogens is 6. The van der Waals surface area contributed by atoms with Gasteiger partial charge in [-0.1, -0.05) is 0 Å². The van der Waals surface area contributed by atoms with Gasteiger partial charge in [0.25, 0.3) is 0 Å². The van der Waals surface area contributed by atoms with Crippen LogP contribution in [0.25, 0.3) is 10.5 Å². The van der Waals surface area contributed by atoms with Gasteiger partial charge in [-0.2, -0.15) is 9.36 Å². The summed E-state index contributed by atoms with van der Waals surface area (Å²) in [5.74, 6) is -1.65. The second-order valence-corrected chi connectivity index (χ2v) is 11.1. The number of rotatable bonds is 8. The van der Waals surface area contributed by atoms with Crippen LogP contribution in [0.4, 0.5) is 27.5 Å². The molecular weight excluding hydrogens is 531 g/mol. The van der Waals surface area contributed by atoms with Crippen molar-refractivity contribution in [3.8, 4) is 11.4 Å². The molecule has 3 aromatic rings. The third kappa shape index (κ3) is 6.01. The third-order valence-corrected chi connectivity index (χ3v) is 6.83. The molecular formula is C27H35FN10O3. The summed E-state index contributed by atoms with van der Waals surface area (Å²) in [6, 6.07) is 1.51. The van der Waals surface area contributed by atoms with Crippen LogP contribution in [0.2, 0.25) is 0 Å². The van der Waals surface area contributed by atoms with Crippen LogP contribution in [0, 0.1) is 12.4 Å². The Labute approximate surface area is 247 Å². The predicted octanol–water partition coefficient (Wildman–Crippen LogP) is 3.16. The summed E-state index contributed by atoms with van der Waals surface area (Å²) in [6.07, 6.45) is 3.50. The molecule has 0 unspecified atom stereocenters. The molecule has 13 nitrogen and oxygen atoms in total. The molecule has 1 aromatic carbocycles. The monoisotopic (exact) mass is 573 g/mol. The summed E-state index contributed by atoms with van der Waals surface area (Å²) >= 11 is 0. The van der Waals surface area contributed by atoms with E-state index < -0.39 is 54.1 Å². The largest absolute Gasteiger partial charge is 0.488 e. The molecule has 0 aliphatic carbocycles. The van der Waals surface area contributed by atoms with Crippen molar-refractivity contribution >= 4 is 23.1 Å². The maximum absolute atomic E-state index is 15.6. The second kappa shape index (κ2) is 10.7. The normalized spacial score (nSPS) is 24.8. The van der Waals surface area contributed by atoms with E-state index in [1.165, 1.54) is 6.20 Å². The predicted molar refractivity (Wildman–Crippen MR) is 150 cm³/mol. The number of tetrazole rings is 1. The van der Waals surface area contributed by atoms with Gasteiger partial charge in [0.15, 0.2) is 5.82 Å². The van der Waals surface area contributed by atoms with Crippen molar-refractivity contribution in [3.05, 3.63) is 46.0 Å². The molecule has 2 saturated heterocycles. The van der Waals surface area contributed by atoms with E-state index in [2.05, 4.69) is 35.9 Å². The molecule has 41 heavy (non-hydrogen) atoms. The number of piperidine rings is 1. The van der Waals surface area contributed by atoms with Crippen molar-refractivity contribution in [3.63, 3.8) is 0 Å². The van der Waals surface area contributed by atoms with E-state index >= 15 is 4.39 Å². The van der Waals surface area contributed by atoms with Crippen LogP contribution in [-0.2, 0) is 6.98 Å². The number of aliphatic hydroxyl groups is 1. The summed E-state index contributed by atoms with van der Waals surface area (Å²) in [4.78, 5) is 26.9. The minimum Gasteiger partial charge on any atom is -0.488 e. The second-order valence-electron chi connectivity index (χ2n) is 11.1. The van der Waals surface area contributed by atoms with Crippen LogP contribution in [0.3, 0.4) is 0 Å². The Morgan fingerprint density at radius 1 is 1.41 bits per heavy atom. The Morgan fingerprint density at radius 3 is 2.93 bits per heavy atom. The molecule has 2 aliphatic heterocycles. The topological polar surface area (TPSA) is 140 Å². The fourth-order valence-corrected chi connectivity index (χ4v) is 5.17. The van der Waals surface area contributed by atoms with Crippen LogP contribution >= 0.6 is 0 Å². The Morgan fingerprint density at radius 2 is 2.22 bits per heavy atom. The highest BCUT2D eigenvalue weighted by molar-refractivity contribution is 5.69. The van der Waals surface area contributed by atoms with E-state index in [4.69, 9.17) is 20.9 Å². The lowest BCUT2D eigenvalue weighted by Gasteiger charge is -2.48. The smallest absolute Gasteiger partial charge is 0.368 e. The summed E-state index contributed by atoms with van der Waals surface area (Å²) in [6.45, 7) is 6.54. The number of halogens is 1. The van der Waals surface area contributed by atoms with Gasteiger partial charge in [-0.25, -0.2) is 24.0 Å². The van der Waals surface area contributed by atoms with Crippen LogP contribution < -0.4 is 21.1 Å². The first-order valence-electron chi connectivity index (χ1n) is 16.4. The number of nitrogens with zero attached hydrogens (tertiary/aromatic N) is 8. The number of fused-ring (bicyclic) bond motifs is 1. The van der Waals surface area contributed by atoms with Crippen LogP contribution in [-0.4, -0.2) is 76.0 Å². The summed E-state index contributed by atoms with van der Waals surface area (Å²) in [5, 5.41) is 23.2. The molecule has 0 radical (unpaired) electrons. The Balaban J connectivity index is 1.50. The van der Waals surface area contributed by atoms with Crippen LogP contribution in [0.1, 0.15) is 63.0 Å². The molecule has 218 valence electrons. The molecule has 0 amide bonds. The number of benzene rings is 1. The van der Waals surface area contributed by atoms with E-state index in [0.29, 0.717) is 36.4 Å². The summed E-state index contributed by atoms with van der Waals surface area (Å²) < 4.78 is 77.3. The van der Waals surface area contributed by atoms with Crippen molar-refractivity contribution in [2.24, 2.45) is 6.98 Å². The van der Waals surface area contributed by atoms with Crippen LogP contribution in [0.5, 0.6) is 5.75 Å². The first-order valence-corrected chi connectivity index (χ1v) is 12.9. The van der Waals surface area contributed by atoms with Gasteiger partial charge in [0.05, 0.1) is 20.6 Å². The zero-order valence-electron chi connectivity index (χ0n) is 29.9. The summed E-state index contributed by atoms with van der Waals surface area (Å²) in [7, 11) is 0. The van der Waals surface area contributed by atoms with E-state index in [9.17, 15) is 9.90 Å². The minimum absolute atomic E-state index is 0.0143. The van der Waals surface area contributed by atoms with Gasteiger partial charge in [0.2, 0.25) is 11.6 Å². The van der Waals surface area contributed by atoms with Crippen molar-refractivity contribution in [2.45, 2.75) is 76.6 Å². The number of anilines is 3. The van der Waals surface area contributed by atoms with Crippen molar-refractivity contribution in [1.29, 1.82) is 0 Å². The van der Waals surface area contributed by atoms with E-state index in [1.54, 1.807) is 0 Å². The molecule has 4 heterocycles. The number of aryl methyl sites for hydroxylation is 1. The first kappa shape index (κ1) is 20.7. The molecule has 5 rings (SSSR count). The molecule has 2 atom stereocenters. The average molecular weight is 574 g/mol. The first-order chi connectivity index (χ1) is 22.0. The molecule has 2 aromatic heterocycles. The van der Waals surface area contributed by atoms with Crippen molar-refractivity contribution in [1.82, 2.24) is 34.7 Å². The fourth-order valence-electron chi connectivity index (χ4n) is 5.17. The number of hydrogen-bond acceptors (Lipinski definition) is 10. The van der Waals surface area contributed by atoms with E-state index in [1.807, 2.05) is 18.7 Å². The molecule has 3 N–H and O–H groups in total. The third-order valence-electron chi connectivity index (χ3n) is 6.83. The van der Waals surface area contributed by atoms with Gasteiger partial charge in [0.1, 0.15) is 23.8 Å². The Hall–Kier alpha value is -4.09. The molecule has 0 bridgehead atoms. The summed E-state index contributed by atoms with van der Waals surface area (Å²) in [5.41, 5.74) is -4.55. The maximum Gasteiger partial charge on any atom is 0.368 e. The zero-order chi connectivity index (χ0) is 35.6. The maximum atomic E-state index is 15.6. The Bertz CT molecular complexity index is 1820. The lowest BCUT2D eigenvalue weighted by Crippen LogP contribution is -2.55. The lowest BCUT2D eigenvalue weighted by atomic mass is 9.84. The minimum atomic E-state index is -3.02. The van der Waals surface area contributed by atoms with Gasteiger partial charge in [0, 0.05) is 43.7 Å². The average Bonchev–Trinajstić information content (AvgIpc) is 3.48. The number of hydrogen-bond donors (Lipinski definition) is 3.